The molecule has 0 amide bonds. The Hall–Kier alpha value is -1.68. The Kier molecular flexibility index (Phi) is 3.34. The van der Waals surface area contributed by atoms with Crippen molar-refractivity contribution in [2.75, 3.05) is 32.0 Å². The maximum atomic E-state index is 12.5. The van der Waals surface area contributed by atoms with Gasteiger partial charge in [0, 0.05) is 19.3 Å². The fourth-order valence-corrected chi connectivity index (χ4v) is 3.47. The number of anilines is 1. The summed E-state index contributed by atoms with van der Waals surface area (Å²) < 4.78 is 31.6. The third kappa shape index (κ3) is 2.36. The molecule has 0 aliphatic carbocycles. The van der Waals surface area contributed by atoms with Crippen LogP contribution in [0, 0.1) is 0 Å². The van der Waals surface area contributed by atoms with Gasteiger partial charge in [0.1, 0.15) is 5.65 Å². The molecule has 3 heterocycles. The number of hydrogen-bond acceptors (Lipinski definition) is 6. The second kappa shape index (κ2) is 5.02. The summed E-state index contributed by atoms with van der Waals surface area (Å²) in [5, 5.41) is 1.56. The average Bonchev–Trinajstić information content (AvgIpc) is 2.75. The van der Waals surface area contributed by atoms with Crippen LogP contribution in [0.1, 0.15) is 0 Å². The Morgan fingerprint density at radius 2 is 2.05 bits per heavy atom. The molecule has 108 valence electrons. The van der Waals surface area contributed by atoms with Gasteiger partial charge >= 0.3 is 0 Å². The maximum absolute atomic E-state index is 12.5. The third-order valence-corrected chi connectivity index (χ3v) is 4.44. The second-order valence-electron chi connectivity index (χ2n) is 4.43. The minimum atomic E-state index is -3.78. The van der Waals surface area contributed by atoms with Gasteiger partial charge in [0.05, 0.1) is 13.2 Å². The molecule has 0 radical (unpaired) electrons. The van der Waals surface area contributed by atoms with Gasteiger partial charge in [0.25, 0.3) is 10.0 Å². The topological polar surface area (TPSA) is 102 Å². The summed E-state index contributed by atoms with van der Waals surface area (Å²) in [6.45, 7) is 1.97. The number of imidazole rings is 1. The number of nitrogens with two attached hydrogens (primary N) is 1. The van der Waals surface area contributed by atoms with Gasteiger partial charge in [0.2, 0.25) is 0 Å². The van der Waals surface area contributed by atoms with Gasteiger partial charge in [-0.1, -0.05) is 6.07 Å². The van der Waals surface area contributed by atoms with E-state index in [1.54, 1.807) is 29.4 Å². The molecule has 1 fully saturated rings. The number of morpholine rings is 1. The number of sulfonamides is 1. The number of hydrogen-bond donors (Lipinski definition) is 2. The Morgan fingerprint density at radius 3 is 2.80 bits per heavy atom. The summed E-state index contributed by atoms with van der Waals surface area (Å²) in [5.41, 5.74) is 6.24. The van der Waals surface area contributed by atoms with E-state index in [1.807, 2.05) is 0 Å². The van der Waals surface area contributed by atoms with Crippen molar-refractivity contribution < 1.29 is 13.2 Å². The average molecular weight is 297 g/mol. The summed E-state index contributed by atoms with van der Waals surface area (Å²) in [6, 6.07) is 5.19. The molecule has 2 aromatic rings. The molecule has 0 atom stereocenters. The van der Waals surface area contributed by atoms with Crippen LogP contribution in [-0.4, -0.2) is 49.1 Å². The second-order valence-corrected chi connectivity index (χ2v) is 6.00. The number of nitrogens with one attached hydrogen (secondary N) is 1. The Bertz CT molecular complexity index is 721. The lowest BCUT2D eigenvalue weighted by atomic mass is 10.5. The number of fused-ring (bicyclic) bond motifs is 1. The highest BCUT2D eigenvalue weighted by molar-refractivity contribution is 7.89. The van der Waals surface area contributed by atoms with Crippen molar-refractivity contribution in [2.45, 2.75) is 5.03 Å². The lowest BCUT2D eigenvalue weighted by molar-refractivity contribution is 0.0272. The van der Waals surface area contributed by atoms with Gasteiger partial charge in [-0.05, 0) is 12.1 Å². The number of rotatable bonds is 3. The van der Waals surface area contributed by atoms with E-state index in [4.69, 9.17) is 10.5 Å². The lowest BCUT2D eigenvalue weighted by Crippen LogP contribution is -2.48. The Morgan fingerprint density at radius 1 is 1.30 bits per heavy atom. The summed E-state index contributed by atoms with van der Waals surface area (Å²) in [6.07, 6.45) is 1.62. The van der Waals surface area contributed by atoms with Crippen molar-refractivity contribution in [1.29, 1.82) is 0 Å². The van der Waals surface area contributed by atoms with Crippen LogP contribution in [0.3, 0.4) is 0 Å². The fourth-order valence-electron chi connectivity index (χ4n) is 2.13. The van der Waals surface area contributed by atoms with Crippen LogP contribution < -0.4 is 10.6 Å². The number of hydrazine groups is 1. The molecule has 20 heavy (non-hydrogen) atoms. The predicted octanol–water partition coefficient (Wildman–Crippen LogP) is -0.558. The number of pyridine rings is 1. The molecule has 1 aliphatic heterocycles. The minimum absolute atomic E-state index is 0.0167. The zero-order valence-electron chi connectivity index (χ0n) is 10.7. The van der Waals surface area contributed by atoms with E-state index in [9.17, 15) is 8.42 Å². The lowest BCUT2D eigenvalue weighted by Gasteiger charge is -2.26. The summed E-state index contributed by atoms with van der Waals surface area (Å²) >= 11 is 0. The minimum Gasteiger partial charge on any atom is -0.381 e. The molecule has 0 bridgehead atoms. The van der Waals surface area contributed by atoms with Crippen LogP contribution in [-0.2, 0) is 14.8 Å². The molecular weight excluding hydrogens is 282 g/mol. The van der Waals surface area contributed by atoms with Crippen molar-refractivity contribution in [3.05, 3.63) is 24.4 Å². The molecule has 3 N–H and O–H groups in total. The summed E-state index contributed by atoms with van der Waals surface area (Å²) in [5.74, 6) is -0.0167. The van der Waals surface area contributed by atoms with Crippen LogP contribution in [0.25, 0.3) is 5.65 Å². The number of nitrogen functional groups attached to an aromatic ring is 1. The number of ether oxygens (including phenoxy) is 1. The summed E-state index contributed by atoms with van der Waals surface area (Å²) in [4.78, 5) is 6.57. The molecule has 0 saturated carbocycles. The van der Waals surface area contributed by atoms with Crippen LogP contribution >= 0.6 is 0 Å². The normalized spacial score (nSPS) is 17.6. The van der Waals surface area contributed by atoms with E-state index in [0.29, 0.717) is 32.0 Å². The maximum Gasteiger partial charge on any atom is 0.273 e. The molecule has 9 heteroatoms. The van der Waals surface area contributed by atoms with E-state index in [1.165, 1.54) is 4.40 Å². The SMILES string of the molecule is Nc1nc2ccccn2c1S(=O)(=O)NN1CCOCC1. The van der Waals surface area contributed by atoms with E-state index in [2.05, 4.69) is 9.82 Å². The number of aromatic nitrogens is 2. The first-order valence-corrected chi connectivity index (χ1v) is 7.64. The van der Waals surface area contributed by atoms with Gasteiger partial charge in [-0.3, -0.25) is 4.40 Å². The fraction of sp³-hybridized carbons (Fsp3) is 0.364. The molecule has 8 nitrogen and oxygen atoms in total. The van der Waals surface area contributed by atoms with E-state index < -0.39 is 10.0 Å². The zero-order chi connectivity index (χ0) is 14.2. The van der Waals surface area contributed by atoms with Crippen molar-refractivity contribution in [1.82, 2.24) is 19.2 Å². The van der Waals surface area contributed by atoms with Crippen molar-refractivity contribution >= 4 is 21.5 Å². The van der Waals surface area contributed by atoms with Crippen molar-refractivity contribution in [3.8, 4) is 0 Å². The van der Waals surface area contributed by atoms with Crippen molar-refractivity contribution in [2.24, 2.45) is 0 Å². The Balaban J connectivity index is 1.98. The van der Waals surface area contributed by atoms with Crippen LogP contribution in [0.5, 0.6) is 0 Å². The standard InChI is InChI=1S/C11H15N5O3S/c12-10-11(16-4-2-1-3-9(16)13-10)20(17,18)14-15-5-7-19-8-6-15/h1-4,14H,5-8,12H2. The monoisotopic (exact) mass is 297 g/mol. The molecule has 0 aromatic carbocycles. The largest absolute Gasteiger partial charge is 0.381 e. The molecule has 2 aromatic heterocycles. The highest BCUT2D eigenvalue weighted by Crippen LogP contribution is 2.20. The first-order chi connectivity index (χ1) is 9.58. The predicted molar refractivity (Wildman–Crippen MR) is 72.3 cm³/mol. The molecule has 1 saturated heterocycles. The van der Waals surface area contributed by atoms with Gasteiger partial charge in [-0.15, -0.1) is 4.83 Å². The van der Waals surface area contributed by atoms with Crippen LogP contribution in [0.15, 0.2) is 29.4 Å². The quantitative estimate of drug-likeness (QED) is 0.787. The van der Waals surface area contributed by atoms with Gasteiger partial charge in [0.15, 0.2) is 10.8 Å². The molecule has 0 unspecified atom stereocenters. The molecule has 1 aliphatic rings. The molecular formula is C11H15N5O3S. The van der Waals surface area contributed by atoms with E-state index in [-0.39, 0.29) is 10.8 Å². The smallest absolute Gasteiger partial charge is 0.273 e. The van der Waals surface area contributed by atoms with Gasteiger partial charge in [-0.25, -0.2) is 18.4 Å². The Labute approximate surface area is 116 Å². The molecule has 3 rings (SSSR count). The first kappa shape index (κ1) is 13.3. The van der Waals surface area contributed by atoms with Gasteiger partial charge in [-0.2, -0.15) is 0 Å². The highest BCUT2D eigenvalue weighted by atomic mass is 32.2. The summed E-state index contributed by atoms with van der Waals surface area (Å²) in [7, 11) is -3.78. The van der Waals surface area contributed by atoms with Crippen LogP contribution in [0.4, 0.5) is 5.82 Å². The third-order valence-electron chi connectivity index (χ3n) is 3.03. The van der Waals surface area contributed by atoms with E-state index >= 15 is 0 Å². The van der Waals surface area contributed by atoms with Gasteiger partial charge < -0.3 is 10.5 Å². The number of nitrogens with zero attached hydrogens (tertiary/aromatic N) is 3. The zero-order valence-corrected chi connectivity index (χ0v) is 11.5. The van der Waals surface area contributed by atoms with E-state index in [0.717, 1.165) is 0 Å². The first-order valence-electron chi connectivity index (χ1n) is 6.15. The van der Waals surface area contributed by atoms with Crippen LogP contribution in [0.2, 0.25) is 0 Å². The molecule has 0 spiro atoms. The van der Waals surface area contributed by atoms with Crippen molar-refractivity contribution in [3.63, 3.8) is 0 Å². The highest BCUT2D eigenvalue weighted by Gasteiger charge is 2.26.